The normalized spacial score (nSPS) is 17.8. The van der Waals surface area contributed by atoms with E-state index in [4.69, 9.17) is 10.5 Å². The molecule has 4 aromatic rings. The van der Waals surface area contributed by atoms with Crippen LogP contribution in [0.5, 0.6) is 5.75 Å². The molecule has 5 rings (SSSR count). The van der Waals surface area contributed by atoms with Crippen molar-refractivity contribution in [2.24, 2.45) is 5.73 Å². The fourth-order valence-electron chi connectivity index (χ4n) is 4.31. The highest BCUT2D eigenvalue weighted by molar-refractivity contribution is 5.85. The van der Waals surface area contributed by atoms with E-state index in [0.717, 1.165) is 0 Å². The first-order valence-corrected chi connectivity index (χ1v) is 10.3. The molecule has 0 spiro atoms. The Morgan fingerprint density at radius 1 is 1.15 bits per heavy atom. The van der Waals surface area contributed by atoms with Crippen LogP contribution in [0.15, 0.2) is 42.6 Å². The summed E-state index contributed by atoms with van der Waals surface area (Å²) in [5, 5.41) is 8.75. The average Bonchev–Trinajstić information content (AvgIpc) is 3.38. The number of nitrogens with zero attached hydrogens (tertiary/aromatic N) is 5. The molecular weight excluding hydrogens is 476 g/mol. The smallest absolute Gasteiger partial charge is 0.408 e. The number of rotatable bonds is 4. The number of aromatic nitrogens is 4. The van der Waals surface area contributed by atoms with Crippen molar-refractivity contribution in [3.8, 4) is 17.3 Å². The first-order valence-electron chi connectivity index (χ1n) is 10.3. The molecule has 7 nitrogen and oxygen atoms in total. The molecule has 1 aromatic carbocycles. The Morgan fingerprint density at radius 2 is 1.94 bits per heavy atom. The highest BCUT2D eigenvalue weighted by atomic mass is 35.5. The SMILES string of the molecule is COc1cc2nc(-c3nnc4ccc([C@@H](N5CCC(N)C5)C(F)(F)F)cn34)ccc2cc1F.Cl. The van der Waals surface area contributed by atoms with Crippen LogP contribution in [-0.2, 0) is 0 Å². The maximum Gasteiger partial charge on any atom is 0.408 e. The summed E-state index contributed by atoms with van der Waals surface area (Å²) in [6.45, 7) is 0.435. The van der Waals surface area contributed by atoms with Gasteiger partial charge >= 0.3 is 6.18 Å². The van der Waals surface area contributed by atoms with Crippen molar-refractivity contribution < 1.29 is 22.3 Å². The van der Waals surface area contributed by atoms with E-state index in [1.54, 1.807) is 12.1 Å². The number of methoxy groups -OCH3 is 1. The standard InChI is InChI=1S/C22H20F4N6O.ClH/c1-33-18-9-17-12(8-15(18)23)2-4-16(28-17)21-30-29-19-5-3-13(10-32(19)21)20(22(24,25)26)31-7-6-14(27)11-31;/h2-5,8-10,14,20H,6-7,11,27H2,1H3;1H/t14?,20-;/m1./s1. The predicted octanol–water partition coefficient (Wildman–Crippen LogP) is 4.15. The van der Waals surface area contributed by atoms with Gasteiger partial charge in [-0.3, -0.25) is 9.30 Å². The van der Waals surface area contributed by atoms with E-state index in [2.05, 4.69) is 15.2 Å². The highest BCUT2D eigenvalue weighted by Gasteiger charge is 2.46. The van der Waals surface area contributed by atoms with Crippen molar-refractivity contribution in [2.75, 3.05) is 20.2 Å². The number of pyridine rings is 2. The van der Waals surface area contributed by atoms with Crippen LogP contribution in [0.4, 0.5) is 17.6 Å². The molecular formula is C22H21ClF4N6O. The Kier molecular flexibility index (Phi) is 6.36. The zero-order valence-electron chi connectivity index (χ0n) is 18.0. The van der Waals surface area contributed by atoms with Crippen LogP contribution >= 0.6 is 12.4 Å². The van der Waals surface area contributed by atoms with Crippen LogP contribution in [-0.4, -0.2) is 56.9 Å². The summed E-state index contributed by atoms with van der Waals surface area (Å²) in [4.78, 5) is 5.86. The maximum atomic E-state index is 14.0. The molecule has 0 bridgehead atoms. The second-order valence-electron chi connectivity index (χ2n) is 8.08. The lowest BCUT2D eigenvalue weighted by molar-refractivity contribution is -0.183. The molecule has 0 saturated carbocycles. The van der Waals surface area contributed by atoms with Crippen molar-refractivity contribution in [3.63, 3.8) is 0 Å². The van der Waals surface area contributed by atoms with E-state index in [0.29, 0.717) is 28.7 Å². The van der Waals surface area contributed by atoms with Crippen molar-refractivity contribution in [3.05, 3.63) is 54.0 Å². The van der Waals surface area contributed by atoms with Gasteiger partial charge in [-0.25, -0.2) is 9.37 Å². The third kappa shape index (κ3) is 4.26. The first kappa shape index (κ1) is 24.1. The second kappa shape index (κ2) is 8.97. The minimum Gasteiger partial charge on any atom is -0.494 e. The molecule has 0 amide bonds. The minimum atomic E-state index is -4.48. The second-order valence-corrected chi connectivity index (χ2v) is 8.08. The number of ether oxygens (including phenoxy) is 1. The average molecular weight is 497 g/mol. The zero-order chi connectivity index (χ0) is 23.3. The van der Waals surface area contributed by atoms with E-state index in [1.165, 1.54) is 46.9 Å². The van der Waals surface area contributed by atoms with Crippen molar-refractivity contribution in [1.29, 1.82) is 0 Å². The van der Waals surface area contributed by atoms with E-state index < -0.39 is 18.0 Å². The van der Waals surface area contributed by atoms with Gasteiger partial charge in [0.05, 0.1) is 12.6 Å². The van der Waals surface area contributed by atoms with Crippen LogP contribution in [0.25, 0.3) is 28.1 Å². The summed E-state index contributed by atoms with van der Waals surface area (Å²) in [7, 11) is 1.35. The fraction of sp³-hybridized carbons (Fsp3) is 0.318. The lowest BCUT2D eigenvalue weighted by atomic mass is 10.1. The fourth-order valence-corrected chi connectivity index (χ4v) is 4.31. The zero-order valence-corrected chi connectivity index (χ0v) is 18.8. The molecule has 1 unspecified atom stereocenters. The van der Waals surface area contributed by atoms with Crippen LogP contribution < -0.4 is 10.5 Å². The molecule has 2 atom stereocenters. The molecule has 3 aromatic heterocycles. The van der Waals surface area contributed by atoms with Crippen LogP contribution in [0.1, 0.15) is 18.0 Å². The van der Waals surface area contributed by atoms with Crippen molar-refractivity contribution in [1.82, 2.24) is 24.5 Å². The van der Waals surface area contributed by atoms with Crippen molar-refractivity contribution in [2.45, 2.75) is 24.7 Å². The molecule has 4 heterocycles. The summed E-state index contributed by atoms with van der Waals surface area (Å²) in [6, 6.07) is 6.89. The summed E-state index contributed by atoms with van der Waals surface area (Å²) in [6.07, 6.45) is -2.57. The van der Waals surface area contributed by atoms with E-state index in [9.17, 15) is 17.6 Å². The summed E-state index contributed by atoms with van der Waals surface area (Å²) in [5.74, 6) is -0.203. The highest BCUT2D eigenvalue weighted by Crippen LogP contribution is 2.39. The number of likely N-dealkylation sites (tertiary alicyclic amines) is 1. The minimum absolute atomic E-state index is 0. The molecule has 1 aliphatic heterocycles. The van der Waals surface area contributed by atoms with Gasteiger partial charge in [0.25, 0.3) is 0 Å². The Morgan fingerprint density at radius 3 is 2.62 bits per heavy atom. The van der Waals surface area contributed by atoms with E-state index in [-0.39, 0.29) is 48.7 Å². The Hall–Kier alpha value is -3.02. The van der Waals surface area contributed by atoms with Gasteiger partial charge in [0.1, 0.15) is 11.7 Å². The maximum absolute atomic E-state index is 14.0. The third-order valence-corrected chi connectivity index (χ3v) is 5.86. The van der Waals surface area contributed by atoms with Crippen LogP contribution in [0.3, 0.4) is 0 Å². The van der Waals surface area contributed by atoms with E-state index in [1.807, 2.05) is 0 Å². The van der Waals surface area contributed by atoms with Gasteiger partial charge in [-0.2, -0.15) is 13.2 Å². The lowest BCUT2D eigenvalue weighted by Gasteiger charge is -2.30. The van der Waals surface area contributed by atoms with Gasteiger partial charge in [0, 0.05) is 36.8 Å². The third-order valence-electron chi connectivity index (χ3n) is 5.86. The molecule has 0 radical (unpaired) electrons. The van der Waals surface area contributed by atoms with Gasteiger partial charge in [-0.05, 0) is 30.2 Å². The quantitative estimate of drug-likeness (QED) is 0.427. The number of alkyl halides is 3. The molecule has 1 saturated heterocycles. The summed E-state index contributed by atoms with van der Waals surface area (Å²) >= 11 is 0. The Bertz CT molecular complexity index is 1340. The topological polar surface area (TPSA) is 81.6 Å². The first-order chi connectivity index (χ1) is 15.7. The lowest BCUT2D eigenvalue weighted by Crippen LogP contribution is -2.38. The van der Waals surface area contributed by atoms with Gasteiger partial charge in [0.2, 0.25) is 0 Å². The van der Waals surface area contributed by atoms with Crippen LogP contribution in [0.2, 0.25) is 0 Å². The van der Waals surface area contributed by atoms with Gasteiger partial charge in [-0.15, -0.1) is 22.6 Å². The summed E-state index contributed by atoms with van der Waals surface area (Å²) in [5.41, 5.74) is 7.14. The number of halogens is 5. The largest absolute Gasteiger partial charge is 0.494 e. The van der Waals surface area contributed by atoms with Crippen molar-refractivity contribution >= 4 is 29.0 Å². The monoisotopic (exact) mass is 496 g/mol. The predicted molar refractivity (Wildman–Crippen MR) is 120 cm³/mol. The van der Waals surface area contributed by atoms with E-state index >= 15 is 0 Å². The van der Waals surface area contributed by atoms with Gasteiger partial charge in [0.15, 0.2) is 23.0 Å². The van der Waals surface area contributed by atoms with Gasteiger partial charge in [-0.1, -0.05) is 12.1 Å². The molecule has 1 aliphatic rings. The Balaban J connectivity index is 0.00000274. The Labute approximate surface area is 197 Å². The number of hydrogen-bond acceptors (Lipinski definition) is 6. The molecule has 2 N–H and O–H groups in total. The van der Waals surface area contributed by atoms with Gasteiger partial charge < -0.3 is 10.5 Å². The molecule has 1 fully saturated rings. The number of nitrogens with two attached hydrogens (primary N) is 1. The number of fused-ring (bicyclic) bond motifs is 2. The molecule has 12 heteroatoms. The molecule has 180 valence electrons. The molecule has 0 aliphatic carbocycles. The number of hydrogen-bond donors (Lipinski definition) is 1. The summed E-state index contributed by atoms with van der Waals surface area (Å²) < 4.78 is 62.6. The molecule has 34 heavy (non-hydrogen) atoms. The number of benzene rings is 1. The van der Waals surface area contributed by atoms with Crippen LogP contribution in [0, 0.1) is 5.82 Å².